The van der Waals surface area contributed by atoms with Crippen LogP contribution in [0.15, 0.2) is 30.5 Å². The summed E-state index contributed by atoms with van der Waals surface area (Å²) in [6.45, 7) is -0.192. The first kappa shape index (κ1) is 12.7. The summed E-state index contributed by atoms with van der Waals surface area (Å²) in [4.78, 5) is 4.06. The summed E-state index contributed by atoms with van der Waals surface area (Å²) in [6.07, 6.45) is 1.61. The molecule has 0 atom stereocenters. The molecule has 1 N–H and O–H groups in total. The van der Waals surface area contributed by atoms with Crippen LogP contribution in [0.25, 0.3) is 11.1 Å². The maximum absolute atomic E-state index is 8.98. The zero-order valence-electron chi connectivity index (χ0n) is 8.62. The first-order valence-corrected chi connectivity index (χ1v) is 5.96. The third kappa shape index (κ3) is 2.72. The van der Waals surface area contributed by atoms with Crippen molar-refractivity contribution in [2.45, 2.75) is 6.61 Å². The van der Waals surface area contributed by atoms with E-state index in [4.69, 9.17) is 39.9 Å². The molecule has 0 fully saturated rings. The quantitative estimate of drug-likeness (QED) is 0.898. The number of rotatable bonds is 2. The second kappa shape index (κ2) is 5.23. The van der Waals surface area contributed by atoms with Gasteiger partial charge in [0.05, 0.1) is 17.3 Å². The van der Waals surface area contributed by atoms with Crippen molar-refractivity contribution in [3.8, 4) is 11.1 Å². The minimum absolute atomic E-state index is 0.192. The summed E-state index contributed by atoms with van der Waals surface area (Å²) in [5, 5.41) is 10.6. The van der Waals surface area contributed by atoms with Gasteiger partial charge in [0.2, 0.25) is 0 Å². The van der Waals surface area contributed by atoms with Crippen molar-refractivity contribution in [1.29, 1.82) is 0 Å². The van der Waals surface area contributed by atoms with E-state index in [1.54, 1.807) is 30.5 Å². The lowest BCUT2D eigenvalue weighted by atomic mass is 10.1. The molecule has 0 amide bonds. The van der Waals surface area contributed by atoms with Gasteiger partial charge in [-0.15, -0.1) is 0 Å². The highest BCUT2D eigenvalue weighted by atomic mass is 35.5. The average molecular weight is 289 g/mol. The van der Waals surface area contributed by atoms with E-state index in [0.29, 0.717) is 20.8 Å². The Labute approximate surface area is 114 Å². The van der Waals surface area contributed by atoms with Crippen LogP contribution in [0.5, 0.6) is 0 Å². The summed E-state index contributed by atoms with van der Waals surface area (Å²) < 4.78 is 0. The number of halogens is 3. The fourth-order valence-electron chi connectivity index (χ4n) is 1.45. The van der Waals surface area contributed by atoms with Gasteiger partial charge < -0.3 is 5.11 Å². The Morgan fingerprint density at radius 3 is 2.47 bits per heavy atom. The molecule has 0 aliphatic rings. The molecule has 0 bridgehead atoms. The lowest BCUT2D eigenvalue weighted by Crippen LogP contribution is -1.91. The highest BCUT2D eigenvalue weighted by Crippen LogP contribution is 2.32. The smallest absolute Gasteiger partial charge is 0.0868 e. The zero-order valence-corrected chi connectivity index (χ0v) is 10.9. The molecule has 2 aromatic rings. The number of nitrogens with zero attached hydrogens (tertiary/aromatic N) is 1. The largest absolute Gasteiger partial charge is 0.390 e. The SMILES string of the molecule is OCc1ncc(-c2cc(Cl)ccc2Cl)cc1Cl. The second-order valence-electron chi connectivity index (χ2n) is 3.43. The maximum atomic E-state index is 8.98. The molecule has 0 radical (unpaired) electrons. The van der Waals surface area contributed by atoms with Gasteiger partial charge in [-0.1, -0.05) is 34.8 Å². The van der Waals surface area contributed by atoms with Gasteiger partial charge >= 0.3 is 0 Å². The van der Waals surface area contributed by atoms with Crippen LogP contribution in [0, 0.1) is 0 Å². The molecule has 2 nitrogen and oxygen atoms in total. The summed E-state index contributed by atoms with van der Waals surface area (Å²) >= 11 is 18.0. The van der Waals surface area contributed by atoms with Crippen LogP contribution in [-0.2, 0) is 6.61 Å². The van der Waals surface area contributed by atoms with Gasteiger partial charge in [-0.25, -0.2) is 0 Å². The van der Waals surface area contributed by atoms with Crippen LogP contribution < -0.4 is 0 Å². The number of aliphatic hydroxyl groups excluding tert-OH is 1. The molecule has 17 heavy (non-hydrogen) atoms. The molecule has 0 saturated carbocycles. The van der Waals surface area contributed by atoms with Gasteiger partial charge in [-0.3, -0.25) is 4.98 Å². The number of benzene rings is 1. The number of aromatic nitrogens is 1. The van der Waals surface area contributed by atoms with E-state index in [0.717, 1.165) is 11.1 Å². The van der Waals surface area contributed by atoms with Crippen LogP contribution in [-0.4, -0.2) is 10.1 Å². The van der Waals surface area contributed by atoms with Gasteiger partial charge in [0.15, 0.2) is 0 Å². The number of aliphatic hydroxyl groups is 1. The minimum atomic E-state index is -0.192. The van der Waals surface area contributed by atoms with E-state index in [9.17, 15) is 0 Å². The van der Waals surface area contributed by atoms with E-state index in [2.05, 4.69) is 4.98 Å². The van der Waals surface area contributed by atoms with Gasteiger partial charge in [0, 0.05) is 27.4 Å². The highest BCUT2D eigenvalue weighted by Gasteiger charge is 2.08. The maximum Gasteiger partial charge on any atom is 0.0868 e. The number of pyridine rings is 1. The highest BCUT2D eigenvalue weighted by molar-refractivity contribution is 6.35. The number of hydrogen-bond donors (Lipinski definition) is 1. The Hall–Kier alpha value is -0.800. The third-order valence-corrected chi connectivity index (χ3v) is 3.20. The molecule has 0 spiro atoms. The lowest BCUT2D eigenvalue weighted by molar-refractivity contribution is 0.277. The Bertz CT molecular complexity index is 557. The predicted octanol–water partition coefficient (Wildman–Crippen LogP) is 4.20. The lowest BCUT2D eigenvalue weighted by Gasteiger charge is -2.07. The van der Waals surface area contributed by atoms with Gasteiger partial charge in [-0.2, -0.15) is 0 Å². The van der Waals surface area contributed by atoms with Crippen molar-refractivity contribution in [2.75, 3.05) is 0 Å². The van der Waals surface area contributed by atoms with Crippen molar-refractivity contribution >= 4 is 34.8 Å². The Kier molecular flexibility index (Phi) is 3.89. The molecule has 88 valence electrons. The monoisotopic (exact) mass is 287 g/mol. The fourth-order valence-corrected chi connectivity index (χ4v) is 2.07. The van der Waals surface area contributed by atoms with Crippen LogP contribution >= 0.6 is 34.8 Å². The van der Waals surface area contributed by atoms with E-state index in [-0.39, 0.29) is 6.61 Å². The molecule has 1 aromatic carbocycles. The predicted molar refractivity (Wildman–Crippen MR) is 70.6 cm³/mol. The van der Waals surface area contributed by atoms with Gasteiger partial charge in [0.25, 0.3) is 0 Å². The first-order valence-electron chi connectivity index (χ1n) is 4.82. The van der Waals surface area contributed by atoms with Crippen molar-refractivity contribution in [3.05, 3.63) is 51.2 Å². The molecule has 1 aromatic heterocycles. The van der Waals surface area contributed by atoms with E-state index < -0.39 is 0 Å². The Balaban J connectivity index is 2.53. The molecule has 0 saturated heterocycles. The second-order valence-corrected chi connectivity index (χ2v) is 4.69. The van der Waals surface area contributed by atoms with Gasteiger partial charge in [-0.05, 0) is 24.3 Å². The van der Waals surface area contributed by atoms with Crippen molar-refractivity contribution < 1.29 is 5.11 Å². The molecular formula is C12H8Cl3NO. The van der Waals surface area contributed by atoms with Crippen LogP contribution in [0.1, 0.15) is 5.69 Å². The zero-order chi connectivity index (χ0) is 12.4. The molecule has 0 unspecified atom stereocenters. The molecule has 0 aliphatic carbocycles. The summed E-state index contributed by atoms with van der Waals surface area (Å²) in [7, 11) is 0. The molecule has 5 heteroatoms. The van der Waals surface area contributed by atoms with Crippen LogP contribution in [0.4, 0.5) is 0 Å². The molecule has 2 rings (SSSR count). The van der Waals surface area contributed by atoms with E-state index in [1.165, 1.54) is 0 Å². The summed E-state index contributed by atoms with van der Waals surface area (Å²) in [6, 6.07) is 6.88. The topological polar surface area (TPSA) is 33.1 Å². The minimum Gasteiger partial charge on any atom is -0.390 e. The third-order valence-electron chi connectivity index (χ3n) is 2.31. The van der Waals surface area contributed by atoms with E-state index >= 15 is 0 Å². The van der Waals surface area contributed by atoms with Gasteiger partial charge in [0.1, 0.15) is 0 Å². The molecular weight excluding hydrogens is 280 g/mol. The first-order chi connectivity index (χ1) is 8.11. The normalized spacial score (nSPS) is 10.6. The molecule has 1 heterocycles. The summed E-state index contributed by atoms with van der Waals surface area (Å²) in [5.74, 6) is 0. The van der Waals surface area contributed by atoms with Crippen LogP contribution in [0.2, 0.25) is 15.1 Å². The van der Waals surface area contributed by atoms with Crippen molar-refractivity contribution in [1.82, 2.24) is 4.98 Å². The standard InChI is InChI=1S/C12H8Cl3NO/c13-8-1-2-10(14)9(4-8)7-3-11(15)12(6-17)16-5-7/h1-5,17H,6H2. The summed E-state index contributed by atoms with van der Waals surface area (Å²) in [5.41, 5.74) is 1.96. The Morgan fingerprint density at radius 2 is 1.82 bits per heavy atom. The van der Waals surface area contributed by atoms with Crippen molar-refractivity contribution in [3.63, 3.8) is 0 Å². The number of hydrogen-bond acceptors (Lipinski definition) is 2. The Morgan fingerprint density at radius 1 is 1.06 bits per heavy atom. The molecule has 0 aliphatic heterocycles. The fraction of sp³-hybridized carbons (Fsp3) is 0.0833. The average Bonchev–Trinajstić information content (AvgIpc) is 2.32. The van der Waals surface area contributed by atoms with E-state index in [1.807, 2.05) is 0 Å². The van der Waals surface area contributed by atoms with Crippen LogP contribution in [0.3, 0.4) is 0 Å². The van der Waals surface area contributed by atoms with Crippen molar-refractivity contribution in [2.24, 2.45) is 0 Å².